The van der Waals surface area contributed by atoms with Gasteiger partial charge in [-0.3, -0.25) is 9.78 Å². The van der Waals surface area contributed by atoms with Gasteiger partial charge in [-0.15, -0.1) is 0 Å². The quantitative estimate of drug-likeness (QED) is 0.592. The lowest BCUT2D eigenvalue weighted by atomic mass is 10.0. The van der Waals surface area contributed by atoms with Crippen molar-refractivity contribution in [1.82, 2.24) is 15.0 Å². The van der Waals surface area contributed by atoms with E-state index in [9.17, 15) is 13.2 Å². The third-order valence-electron chi connectivity index (χ3n) is 5.39. The van der Waals surface area contributed by atoms with E-state index in [0.717, 1.165) is 52.5 Å². The van der Waals surface area contributed by atoms with Crippen LogP contribution in [0.25, 0.3) is 10.9 Å². The van der Waals surface area contributed by atoms with E-state index in [2.05, 4.69) is 10.0 Å². The van der Waals surface area contributed by atoms with E-state index >= 15 is 0 Å². The maximum absolute atomic E-state index is 13.1. The van der Waals surface area contributed by atoms with Crippen molar-refractivity contribution in [3.05, 3.63) is 76.5 Å². The molecule has 0 radical (unpaired) electrons. The van der Waals surface area contributed by atoms with Crippen LogP contribution in [-0.2, 0) is 35.2 Å². The van der Waals surface area contributed by atoms with Crippen LogP contribution in [-0.4, -0.2) is 25.4 Å². The lowest BCUT2D eigenvalue weighted by molar-refractivity contribution is 0.0951. The van der Waals surface area contributed by atoms with Gasteiger partial charge in [-0.05, 0) is 55.9 Å². The molecule has 0 saturated heterocycles. The van der Waals surface area contributed by atoms with E-state index in [4.69, 9.17) is 4.98 Å². The first-order valence-electron chi connectivity index (χ1n) is 10.6. The number of carbonyl (C=O) groups excluding carboxylic acids is 1. The monoisotopic (exact) mass is 437 g/mol. The van der Waals surface area contributed by atoms with Gasteiger partial charge in [-0.1, -0.05) is 42.5 Å². The number of sulfonamides is 1. The minimum absolute atomic E-state index is 0.0625. The number of pyridine rings is 1. The fraction of sp³-hybridized carbons (Fsp3) is 0.333. The summed E-state index contributed by atoms with van der Waals surface area (Å²) in [6, 6.07) is 14.9. The average molecular weight is 438 g/mol. The number of benzene rings is 2. The Balaban J connectivity index is 1.48. The summed E-state index contributed by atoms with van der Waals surface area (Å²) in [6.07, 6.45) is 2.81. The largest absolute Gasteiger partial charge is 0.348 e. The zero-order valence-corrected chi connectivity index (χ0v) is 18.6. The summed E-state index contributed by atoms with van der Waals surface area (Å²) in [4.78, 5) is 17.9. The first kappa shape index (κ1) is 21.5. The summed E-state index contributed by atoms with van der Waals surface area (Å²) >= 11 is 0. The van der Waals surface area contributed by atoms with Crippen molar-refractivity contribution in [2.24, 2.45) is 0 Å². The lowest BCUT2D eigenvalue weighted by Crippen LogP contribution is -2.31. The average Bonchev–Trinajstić information content (AvgIpc) is 3.18. The number of nitrogens with zero attached hydrogens (tertiary/aromatic N) is 1. The van der Waals surface area contributed by atoms with Gasteiger partial charge in [0, 0.05) is 23.7 Å². The van der Waals surface area contributed by atoms with Crippen molar-refractivity contribution >= 4 is 26.8 Å². The van der Waals surface area contributed by atoms with Crippen LogP contribution in [0.15, 0.2) is 48.5 Å². The topological polar surface area (TPSA) is 88.2 Å². The van der Waals surface area contributed by atoms with Gasteiger partial charge in [-0.2, -0.15) is 0 Å². The molecule has 0 unspecified atom stereocenters. The minimum atomic E-state index is -3.36. The van der Waals surface area contributed by atoms with Gasteiger partial charge in [-0.25, -0.2) is 13.1 Å². The summed E-state index contributed by atoms with van der Waals surface area (Å²) in [5, 5.41) is 3.92. The van der Waals surface area contributed by atoms with Gasteiger partial charge in [0.2, 0.25) is 10.0 Å². The van der Waals surface area contributed by atoms with Gasteiger partial charge >= 0.3 is 0 Å². The zero-order chi connectivity index (χ0) is 22.0. The summed E-state index contributed by atoms with van der Waals surface area (Å²) in [5.74, 6) is -0.156. The number of para-hydroxylation sites is 1. The Morgan fingerprint density at radius 3 is 2.48 bits per heavy atom. The van der Waals surface area contributed by atoms with Gasteiger partial charge in [0.05, 0.1) is 16.8 Å². The predicted molar refractivity (Wildman–Crippen MR) is 122 cm³/mol. The van der Waals surface area contributed by atoms with Crippen molar-refractivity contribution in [2.75, 3.05) is 0 Å². The second kappa shape index (κ2) is 8.77. The van der Waals surface area contributed by atoms with Crippen LogP contribution in [0.5, 0.6) is 0 Å². The van der Waals surface area contributed by atoms with Crippen LogP contribution in [0.3, 0.4) is 0 Å². The second-order valence-corrected chi connectivity index (χ2v) is 10.1. The zero-order valence-electron chi connectivity index (χ0n) is 17.8. The van der Waals surface area contributed by atoms with Crippen LogP contribution < -0.4 is 10.0 Å². The van der Waals surface area contributed by atoms with Crippen LogP contribution in [0.4, 0.5) is 0 Å². The second-order valence-electron chi connectivity index (χ2n) is 8.31. The number of aryl methyl sites for hydroxylation is 1. The molecule has 1 heterocycles. The Hall–Kier alpha value is -2.77. The number of hydrogen-bond donors (Lipinski definition) is 2. The number of fused-ring (bicyclic) bond motifs is 2. The van der Waals surface area contributed by atoms with Crippen LogP contribution in [0.2, 0.25) is 0 Å². The highest BCUT2D eigenvalue weighted by Gasteiger charge is 2.23. The van der Waals surface area contributed by atoms with Crippen molar-refractivity contribution in [2.45, 2.75) is 51.4 Å². The van der Waals surface area contributed by atoms with Crippen molar-refractivity contribution < 1.29 is 13.2 Å². The molecule has 0 bridgehead atoms. The maximum Gasteiger partial charge on any atom is 0.252 e. The third-order valence-corrected chi connectivity index (χ3v) is 6.94. The Kier molecular flexibility index (Phi) is 6.07. The van der Waals surface area contributed by atoms with Gasteiger partial charge < -0.3 is 5.32 Å². The van der Waals surface area contributed by atoms with E-state index in [-0.39, 0.29) is 17.7 Å². The molecule has 1 aliphatic rings. The Morgan fingerprint density at radius 2 is 1.74 bits per heavy atom. The molecule has 0 fully saturated rings. The molecule has 1 amide bonds. The highest BCUT2D eigenvalue weighted by Crippen LogP contribution is 2.29. The van der Waals surface area contributed by atoms with Gasteiger partial charge in [0.1, 0.15) is 0 Å². The molecule has 0 atom stereocenters. The summed E-state index contributed by atoms with van der Waals surface area (Å²) in [5.41, 5.74) is 5.32. The summed E-state index contributed by atoms with van der Waals surface area (Å²) in [6.45, 7) is 3.97. The third kappa shape index (κ3) is 4.94. The molecule has 7 heteroatoms. The number of rotatable bonds is 7. The van der Waals surface area contributed by atoms with Crippen molar-refractivity contribution in [3.63, 3.8) is 0 Å². The standard InChI is InChI=1S/C24H27N3O3S/c1-16(2)27-31(29,30)15-18-12-10-17(11-13-18)14-25-24(28)23-19-6-3-4-8-21(19)26-22-9-5-7-20(22)23/h3-4,6,8,10-13,16,27H,5,7,9,14-15H2,1-2H3,(H,25,28). The Labute approximate surface area is 183 Å². The van der Waals surface area contributed by atoms with Crippen LogP contribution in [0, 0.1) is 0 Å². The summed E-state index contributed by atoms with van der Waals surface area (Å²) < 4.78 is 26.8. The van der Waals surface area contributed by atoms with Gasteiger partial charge in [0.15, 0.2) is 0 Å². The van der Waals surface area contributed by atoms with Crippen LogP contribution in [0.1, 0.15) is 53.0 Å². The molecule has 3 aromatic rings. The number of nitrogens with one attached hydrogen (secondary N) is 2. The molecule has 1 aliphatic carbocycles. The fourth-order valence-electron chi connectivity index (χ4n) is 4.11. The van der Waals surface area contributed by atoms with E-state index < -0.39 is 10.0 Å². The SMILES string of the molecule is CC(C)NS(=O)(=O)Cc1ccc(CNC(=O)c2c3c(nc4ccccc24)CCC3)cc1. The molecule has 4 rings (SSSR count). The molecule has 162 valence electrons. The molecule has 2 N–H and O–H groups in total. The van der Waals surface area contributed by atoms with E-state index in [1.54, 1.807) is 26.0 Å². The fourth-order valence-corrected chi connectivity index (χ4v) is 5.55. The molecular weight excluding hydrogens is 410 g/mol. The molecule has 31 heavy (non-hydrogen) atoms. The maximum atomic E-state index is 13.1. The normalized spacial score (nSPS) is 13.5. The molecular formula is C24H27N3O3S. The smallest absolute Gasteiger partial charge is 0.252 e. The highest BCUT2D eigenvalue weighted by atomic mass is 32.2. The molecule has 1 aromatic heterocycles. The first-order chi connectivity index (χ1) is 14.8. The number of hydrogen-bond acceptors (Lipinski definition) is 4. The molecule has 0 aliphatic heterocycles. The molecule has 2 aromatic carbocycles. The number of aromatic nitrogens is 1. The van der Waals surface area contributed by atoms with Crippen molar-refractivity contribution in [1.29, 1.82) is 0 Å². The van der Waals surface area contributed by atoms with E-state index in [1.807, 2.05) is 36.4 Å². The lowest BCUT2D eigenvalue weighted by Gasteiger charge is -2.13. The van der Waals surface area contributed by atoms with Crippen LogP contribution >= 0.6 is 0 Å². The highest BCUT2D eigenvalue weighted by molar-refractivity contribution is 7.88. The Bertz CT molecular complexity index is 1220. The van der Waals surface area contributed by atoms with E-state index in [0.29, 0.717) is 12.1 Å². The van der Waals surface area contributed by atoms with Gasteiger partial charge in [0.25, 0.3) is 5.91 Å². The minimum Gasteiger partial charge on any atom is -0.348 e. The molecule has 6 nitrogen and oxygen atoms in total. The molecule has 0 saturated carbocycles. The predicted octanol–water partition coefficient (Wildman–Crippen LogP) is 3.48. The number of carbonyl (C=O) groups is 1. The first-order valence-corrected chi connectivity index (χ1v) is 12.2. The Morgan fingerprint density at radius 1 is 1.03 bits per heavy atom. The van der Waals surface area contributed by atoms with Crippen molar-refractivity contribution in [3.8, 4) is 0 Å². The van der Waals surface area contributed by atoms with E-state index in [1.165, 1.54) is 0 Å². The summed E-state index contributed by atoms with van der Waals surface area (Å²) in [7, 11) is -3.36. The number of amides is 1. The molecule has 0 spiro atoms.